The summed E-state index contributed by atoms with van der Waals surface area (Å²) >= 11 is 0. The minimum atomic E-state index is -0.145. The van der Waals surface area contributed by atoms with Gasteiger partial charge in [0.1, 0.15) is 0 Å². The van der Waals surface area contributed by atoms with Gasteiger partial charge in [0.25, 0.3) is 0 Å². The van der Waals surface area contributed by atoms with Crippen molar-refractivity contribution < 1.29 is 14.3 Å². The number of carbonyl (C=O) groups is 1. The Bertz CT molecular complexity index is 309. The molecular formula is C14H22O3. The molecule has 3 nitrogen and oxygen atoms in total. The van der Waals surface area contributed by atoms with E-state index in [-0.39, 0.29) is 17.7 Å². The Labute approximate surface area is 103 Å². The minimum absolute atomic E-state index is 0.140. The van der Waals surface area contributed by atoms with Gasteiger partial charge >= 0.3 is 5.97 Å². The molecule has 1 heterocycles. The minimum Gasteiger partial charge on any atom is -0.466 e. The Kier molecular flexibility index (Phi) is 4.94. The molecule has 96 valence electrons. The number of hydrogen-bond acceptors (Lipinski definition) is 3. The van der Waals surface area contributed by atoms with Crippen molar-refractivity contribution in [2.24, 2.45) is 0 Å². The van der Waals surface area contributed by atoms with E-state index in [2.05, 4.69) is 13.2 Å². The van der Waals surface area contributed by atoms with Gasteiger partial charge in [-0.1, -0.05) is 24.8 Å². The molecule has 1 aliphatic rings. The highest BCUT2D eigenvalue weighted by atomic mass is 16.6. The van der Waals surface area contributed by atoms with Crippen LogP contribution in [0.15, 0.2) is 24.8 Å². The van der Waals surface area contributed by atoms with E-state index in [0.717, 1.165) is 24.8 Å². The first-order valence-electron chi connectivity index (χ1n) is 6.15. The van der Waals surface area contributed by atoms with Crippen molar-refractivity contribution in [3.63, 3.8) is 0 Å². The molecule has 2 unspecified atom stereocenters. The first-order chi connectivity index (χ1) is 8.01. The third kappa shape index (κ3) is 4.35. The van der Waals surface area contributed by atoms with Crippen molar-refractivity contribution in [2.75, 3.05) is 6.61 Å². The summed E-state index contributed by atoms with van der Waals surface area (Å²) in [5.41, 5.74) is 0.891. The lowest BCUT2D eigenvalue weighted by molar-refractivity contribution is -0.143. The van der Waals surface area contributed by atoms with Crippen molar-refractivity contribution in [1.29, 1.82) is 0 Å². The lowest BCUT2D eigenvalue weighted by Crippen LogP contribution is -2.14. The van der Waals surface area contributed by atoms with E-state index >= 15 is 0 Å². The maximum Gasteiger partial charge on any atom is 0.305 e. The van der Waals surface area contributed by atoms with Crippen LogP contribution < -0.4 is 0 Å². The van der Waals surface area contributed by atoms with Crippen LogP contribution in [0, 0.1) is 0 Å². The molecule has 3 heteroatoms. The number of hydrogen-bond donors (Lipinski definition) is 0. The third-order valence-corrected chi connectivity index (χ3v) is 3.18. The summed E-state index contributed by atoms with van der Waals surface area (Å²) < 4.78 is 10.5. The zero-order valence-electron chi connectivity index (χ0n) is 10.8. The Balaban J connectivity index is 2.20. The quantitative estimate of drug-likeness (QED) is 0.370. The van der Waals surface area contributed by atoms with E-state index in [1.54, 1.807) is 6.08 Å². The highest BCUT2D eigenvalue weighted by Crippen LogP contribution is 2.43. The molecule has 0 amide bonds. The molecule has 0 aromatic heterocycles. The summed E-state index contributed by atoms with van der Waals surface area (Å²) in [6.45, 7) is 11.9. The van der Waals surface area contributed by atoms with Crippen LogP contribution in [-0.4, -0.2) is 24.3 Å². The molecule has 0 aromatic carbocycles. The Morgan fingerprint density at radius 3 is 2.82 bits per heavy atom. The van der Waals surface area contributed by atoms with Crippen molar-refractivity contribution in [3.8, 4) is 0 Å². The second-order valence-corrected chi connectivity index (χ2v) is 4.63. The molecule has 1 rings (SSSR count). The average Bonchev–Trinajstić information content (AvgIpc) is 2.96. The Hall–Kier alpha value is -1.09. The van der Waals surface area contributed by atoms with Crippen LogP contribution >= 0.6 is 0 Å². The molecular weight excluding hydrogens is 216 g/mol. The number of epoxide rings is 1. The Morgan fingerprint density at radius 1 is 1.53 bits per heavy atom. The summed E-state index contributed by atoms with van der Waals surface area (Å²) in [7, 11) is 0. The van der Waals surface area contributed by atoms with Crippen LogP contribution in [0.2, 0.25) is 0 Å². The first kappa shape index (κ1) is 14.0. The SMILES string of the molecule is C=CC(=C)CCC1OC1(C)CCC(=O)OCC. The first-order valence-corrected chi connectivity index (χ1v) is 6.15. The molecule has 17 heavy (non-hydrogen) atoms. The molecule has 0 radical (unpaired) electrons. The lowest BCUT2D eigenvalue weighted by Gasteiger charge is -2.06. The smallest absolute Gasteiger partial charge is 0.305 e. The van der Waals surface area contributed by atoms with E-state index in [1.807, 2.05) is 13.8 Å². The van der Waals surface area contributed by atoms with E-state index in [1.165, 1.54) is 0 Å². The van der Waals surface area contributed by atoms with Crippen LogP contribution in [0.5, 0.6) is 0 Å². The zero-order chi connectivity index (χ0) is 12.9. The van der Waals surface area contributed by atoms with E-state index in [4.69, 9.17) is 9.47 Å². The number of esters is 1. The van der Waals surface area contributed by atoms with Crippen LogP contribution in [-0.2, 0) is 14.3 Å². The molecule has 1 aliphatic heterocycles. The number of allylic oxidation sites excluding steroid dienone is 2. The van der Waals surface area contributed by atoms with E-state index in [9.17, 15) is 4.79 Å². The largest absolute Gasteiger partial charge is 0.466 e. The van der Waals surface area contributed by atoms with Crippen molar-refractivity contribution in [3.05, 3.63) is 24.8 Å². The van der Waals surface area contributed by atoms with Gasteiger partial charge in [0.2, 0.25) is 0 Å². The van der Waals surface area contributed by atoms with Gasteiger partial charge in [-0.3, -0.25) is 4.79 Å². The highest BCUT2D eigenvalue weighted by Gasteiger charge is 2.51. The summed E-state index contributed by atoms with van der Waals surface area (Å²) in [5, 5.41) is 0. The molecule has 2 atom stereocenters. The van der Waals surface area contributed by atoms with Gasteiger partial charge in [-0.05, 0) is 33.1 Å². The number of rotatable bonds is 8. The van der Waals surface area contributed by atoms with Gasteiger partial charge in [0.05, 0.1) is 18.3 Å². The number of ether oxygens (including phenoxy) is 2. The van der Waals surface area contributed by atoms with Crippen LogP contribution in [0.1, 0.15) is 39.5 Å². The van der Waals surface area contributed by atoms with E-state index in [0.29, 0.717) is 13.0 Å². The van der Waals surface area contributed by atoms with Crippen molar-refractivity contribution in [1.82, 2.24) is 0 Å². The fourth-order valence-corrected chi connectivity index (χ4v) is 1.88. The monoisotopic (exact) mass is 238 g/mol. The molecule has 0 N–H and O–H groups in total. The van der Waals surface area contributed by atoms with Gasteiger partial charge in [0.15, 0.2) is 0 Å². The predicted octanol–water partition coefficient (Wildman–Crippen LogP) is 3.01. The maximum atomic E-state index is 11.2. The van der Waals surface area contributed by atoms with Crippen molar-refractivity contribution >= 4 is 5.97 Å². The summed E-state index contributed by atoms with van der Waals surface area (Å²) in [6, 6.07) is 0. The number of carbonyl (C=O) groups excluding carboxylic acids is 1. The molecule has 1 fully saturated rings. The second-order valence-electron chi connectivity index (χ2n) is 4.63. The van der Waals surface area contributed by atoms with Gasteiger partial charge in [-0.25, -0.2) is 0 Å². The predicted molar refractivity (Wildman–Crippen MR) is 67.7 cm³/mol. The molecule has 0 aromatic rings. The average molecular weight is 238 g/mol. The third-order valence-electron chi connectivity index (χ3n) is 3.18. The normalized spacial score (nSPS) is 26.4. The summed E-state index contributed by atoms with van der Waals surface area (Å²) in [5.74, 6) is -0.140. The standard InChI is InChI=1S/C14H22O3/c1-5-11(3)7-8-12-14(4,17-12)10-9-13(15)16-6-2/h5,12H,1,3,6-10H2,2,4H3. The maximum absolute atomic E-state index is 11.2. The molecule has 0 spiro atoms. The van der Waals surface area contributed by atoms with Gasteiger partial charge in [-0.2, -0.15) is 0 Å². The zero-order valence-corrected chi connectivity index (χ0v) is 10.8. The van der Waals surface area contributed by atoms with Crippen LogP contribution in [0.4, 0.5) is 0 Å². The lowest BCUT2D eigenvalue weighted by atomic mass is 9.97. The van der Waals surface area contributed by atoms with Gasteiger partial charge < -0.3 is 9.47 Å². The van der Waals surface area contributed by atoms with Crippen LogP contribution in [0.3, 0.4) is 0 Å². The molecule has 0 saturated carbocycles. The van der Waals surface area contributed by atoms with Crippen LogP contribution in [0.25, 0.3) is 0 Å². The fourth-order valence-electron chi connectivity index (χ4n) is 1.88. The molecule has 1 saturated heterocycles. The summed E-state index contributed by atoms with van der Waals surface area (Å²) in [4.78, 5) is 11.2. The van der Waals surface area contributed by atoms with Crippen molar-refractivity contribution in [2.45, 2.75) is 51.2 Å². The Morgan fingerprint density at radius 2 is 2.24 bits per heavy atom. The van der Waals surface area contributed by atoms with Gasteiger partial charge in [0, 0.05) is 6.42 Å². The van der Waals surface area contributed by atoms with Gasteiger partial charge in [-0.15, -0.1) is 0 Å². The van der Waals surface area contributed by atoms with E-state index < -0.39 is 0 Å². The fraction of sp³-hybridized carbons (Fsp3) is 0.643. The molecule has 0 bridgehead atoms. The second kappa shape index (κ2) is 6.01. The highest BCUT2D eigenvalue weighted by molar-refractivity contribution is 5.69. The topological polar surface area (TPSA) is 38.8 Å². The summed E-state index contributed by atoms with van der Waals surface area (Å²) in [6.07, 6.45) is 5.04. The molecule has 0 aliphatic carbocycles.